The fraction of sp³-hybridized carbons (Fsp3) is 0.480. The first-order valence-corrected chi connectivity index (χ1v) is 10.9. The standard InChI is InChI=1S/C25H32F2N2O3/c1-25(2,3)32-22-9-5-18(6-10-22)17-31-24(30)29(21-11-13-28(4)14-12-21)16-19-7-8-20(26)15-23(19)27/h5-10,15,21H,11-14,16-17H2,1-4H3. The molecule has 1 amide bonds. The Hall–Kier alpha value is -2.67. The van der Waals surface area contributed by atoms with Gasteiger partial charge < -0.3 is 19.3 Å². The second-order valence-electron chi connectivity index (χ2n) is 9.31. The lowest BCUT2D eigenvalue weighted by Crippen LogP contribution is -2.46. The SMILES string of the molecule is CN1CCC(N(Cc2ccc(F)cc2F)C(=O)OCc2ccc(OC(C)(C)C)cc2)CC1. The molecule has 1 aliphatic rings. The molecule has 0 aliphatic carbocycles. The fourth-order valence-electron chi connectivity index (χ4n) is 3.72. The number of amides is 1. The summed E-state index contributed by atoms with van der Waals surface area (Å²) in [5.74, 6) is -0.559. The highest BCUT2D eigenvalue weighted by molar-refractivity contribution is 5.68. The molecule has 1 aliphatic heterocycles. The average molecular weight is 447 g/mol. The predicted molar refractivity (Wildman–Crippen MR) is 119 cm³/mol. The van der Waals surface area contributed by atoms with Gasteiger partial charge in [-0.25, -0.2) is 13.6 Å². The third kappa shape index (κ3) is 6.92. The van der Waals surface area contributed by atoms with E-state index in [9.17, 15) is 13.6 Å². The lowest BCUT2D eigenvalue weighted by atomic mass is 10.0. The van der Waals surface area contributed by atoms with Gasteiger partial charge in [-0.1, -0.05) is 18.2 Å². The maximum atomic E-state index is 14.3. The van der Waals surface area contributed by atoms with E-state index in [2.05, 4.69) is 4.90 Å². The Morgan fingerprint density at radius 3 is 2.34 bits per heavy atom. The first kappa shape index (κ1) is 24.0. The largest absolute Gasteiger partial charge is 0.488 e. The zero-order valence-corrected chi connectivity index (χ0v) is 19.2. The molecule has 0 saturated carbocycles. The lowest BCUT2D eigenvalue weighted by Gasteiger charge is -2.36. The van der Waals surface area contributed by atoms with Gasteiger partial charge in [0, 0.05) is 17.7 Å². The summed E-state index contributed by atoms with van der Waals surface area (Å²) in [6.07, 6.45) is 1.04. The summed E-state index contributed by atoms with van der Waals surface area (Å²) in [6, 6.07) is 10.8. The molecule has 5 nitrogen and oxygen atoms in total. The average Bonchev–Trinajstić information content (AvgIpc) is 2.72. The summed E-state index contributed by atoms with van der Waals surface area (Å²) in [7, 11) is 2.03. The zero-order valence-electron chi connectivity index (χ0n) is 19.2. The molecular formula is C25H32F2N2O3. The van der Waals surface area contributed by atoms with Crippen LogP contribution in [-0.4, -0.2) is 47.7 Å². The lowest BCUT2D eigenvalue weighted by molar-refractivity contribution is 0.0599. The molecule has 7 heteroatoms. The van der Waals surface area contributed by atoms with Gasteiger partial charge in [0.1, 0.15) is 29.6 Å². The van der Waals surface area contributed by atoms with E-state index in [4.69, 9.17) is 9.47 Å². The smallest absolute Gasteiger partial charge is 0.410 e. The van der Waals surface area contributed by atoms with Gasteiger partial charge in [0.05, 0.1) is 6.54 Å². The molecule has 1 fully saturated rings. The molecule has 0 radical (unpaired) electrons. The summed E-state index contributed by atoms with van der Waals surface area (Å²) in [5, 5.41) is 0. The van der Waals surface area contributed by atoms with E-state index in [-0.39, 0.29) is 30.4 Å². The molecule has 32 heavy (non-hydrogen) atoms. The van der Waals surface area contributed by atoms with Crippen LogP contribution in [0.5, 0.6) is 5.75 Å². The van der Waals surface area contributed by atoms with Crippen LogP contribution >= 0.6 is 0 Å². The molecule has 0 N–H and O–H groups in total. The Labute approximate surface area is 188 Å². The minimum absolute atomic E-state index is 0.0394. The Morgan fingerprint density at radius 1 is 1.09 bits per heavy atom. The molecule has 2 aromatic carbocycles. The van der Waals surface area contributed by atoms with Gasteiger partial charge in [0.2, 0.25) is 0 Å². The highest BCUT2D eigenvalue weighted by Gasteiger charge is 2.29. The molecule has 0 atom stereocenters. The Balaban J connectivity index is 1.67. The van der Waals surface area contributed by atoms with E-state index in [1.165, 1.54) is 12.1 Å². The second kappa shape index (κ2) is 10.3. The van der Waals surface area contributed by atoms with E-state index in [0.717, 1.165) is 43.3 Å². The van der Waals surface area contributed by atoms with E-state index < -0.39 is 17.7 Å². The summed E-state index contributed by atoms with van der Waals surface area (Å²) < 4.78 is 39.0. The minimum atomic E-state index is -0.662. The zero-order chi connectivity index (χ0) is 23.3. The van der Waals surface area contributed by atoms with Crippen molar-refractivity contribution < 1.29 is 23.0 Å². The second-order valence-corrected chi connectivity index (χ2v) is 9.31. The van der Waals surface area contributed by atoms with Crippen LogP contribution in [0.4, 0.5) is 13.6 Å². The van der Waals surface area contributed by atoms with Gasteiger partial charge in [-0.05, 0) is 77.5 Å². The van der Waals surface area contributed by atoms with Crippen molar-refractivity contribution >= 4 is 6.09 Å². The molecule has 1 saturated heterocycles. The number of piperidine rings is 1. The van der Waals surface area contributed by atoms with Crippen LogP contribution in [0.25, 0.3) is 0 Å². The summed E-state index contributed by atoms with van der Waals surface area (Å²) in [4.78, 5) is 16.8. The molecule has 2 aromatic rings. The Kier molecular flexibility index (Phi) is 7.72. The number of ether oxygens (including phenoxy) is 2. The first-order chi connectivity index (χ1) is 15.1. The maximum absolute atomic E-state index is 14.3. The van der Waals surface area contributed by atoms with Crippen molar-refractivity contribution in [2.75, 3.05) is 20.1 Å². The summed E-state index contributed by atoms with van der Waals surface area (Å²) in [6.45, 7) is 7.76. The molecular weight excluding hydrogens is 414 g/mol. The maximum Gasteiger partial charge on any atom is 0.410 e. The van der Waals surface area contributed by atoms with Crippen molar-refractivity contribution in [1.29, 1.82) is 0 Å². The van der Waals surface area contributed by atoms with Gasteiger partial charge in [0.15, 0.2) is 0 Å². The molecule has 0 spiro atoms. The van der Waals surface area contributed by atoms with Crippen LogP contribution in [0.15, 0.2) is 42.5 Å². The highest BCUT2D eigenvalue weighted by atomic mass is 19.1. The quantitative estimate of drug-likeness (QED) is 0.598. The van der Waals surface area contributed by atoms with Crippen LogP contribution in [-0.2, 0) is 17.9 Å². The number of hydrogen-bond acceptors (Lipinski definition) is 4. The Morgan fingerprint density at radius 2 is 1.75 bits per heavy atom. The summed E-state index contributed by atoms with van der Waals surface area (Å²) >= 11 is 0. The number of benzene rings is 2. The molecule has 0 aromatic heterocycles. The van der Waals surface area contributed by atoms with E-state index in [1.807, 2.05) is 52.1 Å². The van der Waals surface area contributed by atoms with Gasteiger partial charge in [-0.3, -0.25) is 0 Å². The van der Waals surface area contributed by atoms with Crippen molar-refractivity contribution in [2.45, 2.75) is 58.4 Å². The van der Waals surface area contributed by atoms with E-state index in [0.29, 0.717) is 0 Å². The van der Waals surface area contributed by atoms with Crippen LogP contribution < -0.4 is 4.74 Å². The highest BCUT2D eigenvalue weighted by Crippen LogP contribution is 2.23. The number of likely N-dealkylation sites (tertiary alicyclic amines) is 1. The molecule has 174 valence electrons. The van der Waals surface area contributed by atoms with Crippen LogP contribution in [0.2, 0.25) is 0 Å². The number of carbonyl (C=O) groups excluding carboxylic acids is 1. The van der Waals surface area contributed by atoms with Gasteiger partial charge in [-0.2, -0.15) is 0 Å². The van der Waals surface area contributed by atoms with Crippen molar-refractivity contribution in [1.82, 2.24) is 9.80 Å². The molecule has 3 rings (SSSR count). The summed E-state index contributed by atoms with van der Waals surface area (Å²) in [5.41, 5.74) is 0.805. The molecule has 0 unspecified atom stereocenters. The molecule has 0 bridgehead atoms. The topological polar surface area (TPSA) is 42.0 Å². The number of nitrogens with zero attached hydrogens (tertiary/aromatic N) is 2. The van der Waals surface area contributed by atoms with Crippen LogP contribution in [0.1, 0.15) is 44.7 Å². The molecule has 1 heterocycles. The van der Waals surface area contributed by atoms with Crippen molar-refractivity contribution in [2.24, 2.45) is 0 Å². The van der Waals surface area contributed by atoms with Gasteiger partial charge >= 0.3 is 6.09 Å². The van der Waals surface area contributed by atoms with Crippen LogP contribution in [0.3, 0.4) is 0 Å². The number of carbonyl (C=O) groups is 1. The van der Waals surface area contributed by atoms with Crippen molar-refractivity contribution in [3.8, 4) is 5.75 Å². The number of hydrogen-bond donors (Lipinski definition) is 0. The van der Waals surface area contributed by atoms with Gasteiger partial charge in [0.25, 0.3) is 0 Å². The number of rotatable bonds is 6. The number of halogens is 2. The third-order valence-corrected chi connectivity index (χ3v) is 5.43. The van der Waals surface area contributed by atoms with Crippen LogP contribution in [0, 0.1) is 11.6 Å². The predicted octanol–water partition coefficient (Wildman–Crippen LogP) is 5.38. The van der Waals surface area contributed by atoms with Crippen molar-refractivity contribution in [3.05, 3.63) is 65.2 Å². The van der Waals surface area contributed by atoms with Crippen molar-refractivity contribution in [3.63, 3.8) is 0 Å². The Bertz CT molecular complexity index is 904. The fourth-order valence-corrected chi connectivity index (χ4v) is 3.72. The minimum Gasteiger partial charge on any atom is -0.488 e. The van der Waals surface area contributed by atoms with Gasteiger partial charge in [-0.15, -0.1) is 0 Å². The van der Waals surface area contributed by atoms with E-state index >= 15 is 0 Å². The third-order valence-electron chi connectivity index (χ3n) is 5.43. The monoisotopic (exact) mass is 446 g/mol. The van der Waals surface area contributed by atoms with E-state index in [1.54, 1.807) is 4.90 Å². The first-order valence-electron chi connectivity index (χ1n) is 10.9. The normalized spacial score (nSPS) is 15.4.